The molecule has 0 aliphatic rings. The summed E-state index contributed by atoms with van der Waals surface area (Å²) in [6.45, 7) is 6.48. The third-order valence-corrected chi connectivity index (χ3v) is 3.91. The lowest BCUT2D eigenvalue weighted by Gasteiger charge is -1.97. The van der Waals surface area contributed by atoms with Crippen molar-refractivity contribution in [1.82, 2.24) is 14.8 Å². The average molecular weight is 264 g/mol. The van der Waals surface area contributed by atoms with E-state index in [4.69, 9.17) is 5.73 Å². The van der Waals surface area contributed by atoms with Gasteiger partial charge in [-0.3, -0.25) is 0 Å². The van der Waals surface area contributed by atoms with Gasteiger partial charge in [-0.25, -0.2) is 9.67 Å². The van der Waals surface area contributed by atoms with E-state index >= 15 is 0 Å². The maximum atomic E-state index is 6.07. The molecule has 0 saturated carbocycles. The van der Waals surface area contributed by atoms with E-state index in [0.29, 0.717) is 5.92 Å². The highest BCUT2D eigenvalue weighted by atomic mass is 32.1. The van der Waals surface area contributed by atoms with Crippen LogP contribution in [-0.4, -0.2) is 14.8 Å². The number of aromatic nitrogens is 3. The van der Waals surface area contributed by atoms with Crippen molar-refractivity contribution in [2.24, 2.45) is 13.0 Å². The number of hydrogen-bond acceptors (Lipinski definition) is 4. The second-order valence-electron chi connectivity index (χ2n) is 4.92. The zero-order chi connectivity index (χ0) is 13.3. The van der Waals surface area contributed by atoms with Crippen LogP contribution in [0.25, 0.3) is 11.4 Å². The molecule has 0 atom stereocenters. The summed E-state index contributed by atoms with van der Waals surface area (Å²) in [6, 6.07) is 2.13. The van der Waals surface area contributed by atoms with Crippen LogP contribution in [0.4, 0.5) is 5.00 Å². The fraction of sp³-hybridized carbons (Fsp3) is 0.538. The summed E-state index contributed by atoms with van der Waals surface area (Å²) in [7, 11) is 1.93. The average Bonchev–Trinajstić information content (AvgIpc) is 2.81. The summed E-state index contributed by atoms with van der Waals surface area (Å²) in [4.78, 5) is 5.90. The first-order valence-corrected chi connectivity index (χ1v) is 7.11. The van der Waals surface area contributed by atoms with Crippen molar-refractivity contribution in [3.8, 4) is 11.4 Å². The van der Waals surface area contributed by atoms with Gasteiger partial charge in [0.1, 0.15) is 0 Å². The molecule has 0 aliphatic carbocycles. The van der Waals surface area contributed by atoms with Crippen LogP contribution >= 0.6 is 11.3 Å². The third-order valence-electron chi connectivity index (χ3n) is 2.80. The third kappa shape index (κ3) is 2.56. The van der Waals surface area contributed by atoms with Crippen LogP contribution in [0.2, 0.25) is 0 Å². The Balaban J connectivity index is 2.37. The summed E-state index contributed by atoms with van der Waals surface area (Å²) >= 11 is 1.64. The molecule has 0 unspecified atom stereocenters. The predicted octanol–water partition coefficient (Wildman–Crippen LogP) is 2.89. The molecule has 0 aliphatic heterocycles. The lowest BCUT2D eigenvalue weighted by atomic mass is 10.1. The zero-order valence-corrected chi connectivity index (χ0v) is 12.2. The molecule has 0 amide bonds. The molecule has 0 saturated heterocycles. The SMILES string of the molecule is CCc1cc(-c2nc(CC(C)C)nn2C)c(N)s1. The second kappa shape index (κ2) is 5.10. The van der Waals surface area contributed by atoms with Crippen LogP contribution in [0.1, 0.15) is 31.5 Å². The van der Waals surface area contributed by atoms with Gasteiger partial charge in [0.15, 0.2) is 11.6 Å². The Morgan fingerprint density at radius 3 is 2.72 bits per heavy atom. The first-order valence-electron chi connectivity index (χ1n) is 6.29. The van der Waals surface area contributed by atoms with Gasteiger partial charge >= 0.3 is 0 Å². The molecule has 98 valence electrons. The highest BCUT2D eigenvalue weighted by Gasteiger charge is 2.15. The Labute approximate surface area is 112 Å². The second-order valence-corrected chi connectivity index (χ2v) is 6.09. The van der Waals surface area contributed by atoms with Gasteiger partial charge in [0.25, 0.3) is 0 Å². The van der Waals surface area contributed by atoms with E-state index in [2.05, 4.69) is 36.9 Å². The summed E-state index contributed by atoms with van der Waals surface area (Å²) in [6.07, 6.45) is 1.91. The van der Waals surface area contributed by atoms with Crippen molar-refractivity contribution >= 4 is 16.3 Å². The topological polar surface area (TPSA) is 56.7 Å². The van der Waals surface area contributed by atoms with Gasteiger partial charge < -0.3 is 5.73 Å². The van der Waals surface area contributed by atoms with Gasteiger partial charge in [0.2, 0.25) is 0 Å². The molecule has 2 N–H and O–H groups in total. The molecular weight excluding hydrogens is 244 g/mol. The van der Waals surface area contributed by atoms with Gasteiger partial charge in [-0.15, -0.1) is 11.3 Å². The monoisotopic (exact) mass is 264 g/mol. The van der Waals surface area contributed by atoms with E-state index in [-0.39, 0.29) is 0 Å². The van der Waals surface area contributed by atoms with Gasteiger partial charge in [-0.05, 0) is 18.4 Å². The van der Waals surface area contributed by atoms with Gasteiger partial charge in [-0.2, -0.15) is 5.10 Å². The number of aryl methyl sites for hydroxylation is 2. The normalized spacial score (nSPS) is 11.4. The fourth-order valence-corrected chi connectivity index (χ4v) is 2.79. The van der Waals surface area contributed by atoms with Crippen molar-refractivity contribution in [3.05, 3.63) is 16.8 Å². The molecule has 18 heavy (non-hydrogen) atoms. The molecule has 0 fully saturated rings. The molecule has 2 aromatic rings. The summed E-state index contributed by atoms with van der Waals surface area (Å²) in [5.74, 6) is 2.33. The zero-order valence-electron chi connectivity index (χ0n) is 11.4. The molecular formula is C13H20N4S. The van der Waals surface area contributed by atoms with Crippen molar-refractivity contribution in [2.75, 3.05) is 5.73 Å². The van der Waals surface area contributed by atoms with Crippen LogP contribution in [0.5, 0.6) is 0 Å². The fourth-order valence-electron chi connectivity index (χ4n) is 1.93. The summed E-state index contributed by atoms with van der Waals surface area (Å²) in [5, 5.41) is 5.29. The smallest absolute Gasteiger partial charge is 0.161 e. The maximum absolute atomic E-state index is 6.07. The minimum Gasteiger partial charge on any atom is -0.390 e. The highest BCUT2D eigenvalue weighted by molar-refractivity contribution is 7.16. The molecule has 5 heteroatoms. The number of nitrogen functional groups attached to an aromatic ring is 1. The van der Waals surface area contributed by atoms with E-state index in [1.165, 1.54) is 4.88 Å². The van der Waals surface area contributed by atoms with Crippen LogP contribution in [0.3, 0.4) is 0 Å². The van der Waals surface area contributed by atoms with Crippen molar-refractivity contribution < 1.29 is 0 Å². The lowest BCUT2D eigenvalue weighted by molar-refractivity contribution is 0.613. The molecule has 0 bridgehead atoms. The molecule has 0 radical (unpaired) electrons. The Kier molecular flexibility index (Phi) is 3.71. The van der Waals surface area contributed by atoms with E-state index in [1.54, 1.807) is 11.3 Å². The Morgan fingerprint density at radius 1 is 1.44 bits per heavy atom. The van der Waals surface area contributed by atoms with Crippen LogP contribution in [-0.2, 0) is 19.9 Å². The van der Waals surface area contributed by atoms with Gasteiger partial charge in [0.05, 0.1) is 10.6 Å². The van der Waals surface area contributed by atoms with Crippen LogP contribution in [0, 0.1) is 5.92 Å². The Bertz CT molecular complexity index is 539. The number of thiophene rings is 1. The molecule has 0 spiro atoms. The number of hydrogen-bond donors (Lipinski definition) is 1. The van der Waals surface area contributed by atoms with Crippen LogP contribution in [0.15, 0.2) is 6.07 Å². The molecule has 2 rings (SSSR count). The van der Waals surface area contributed by atoms with Gasteiger partial charge in [-0.1, -0.05) is 20.8 Å². The molecule has 2 heterocycles. The standard InChI is InChI=1S/C13H20N4S/c1-5-9-7-10(12(14)18-9)13-15-11(6-8(2)3)16-17(13)4/h7-8H,5-6,14H2,1-4H3. The summed E-state index contributed by atoms with van der Waals surface area (Å²) in [5.41, 5.74) is 7.08. The first-order chi connectivity index (χ1) is 8.51. The maximum Gasteiger partial charge on any atom is 0.161 e. The largest absolute Gasteiger partial charge is 0.390 e. The van der Waals surface area contributed by atoms with Crippen molar-refractivity contribution in [3.63, 3.8) is 0 Å². The van der Waals surface area contributed by atoms with Crippen molar-refractivity contribution in [1.29, 1.82) is 0 Å². The highest BCUT2D eigenvalue weighted by Crippen LogP contribution is 2.33. The number of rotatable bonds is 4. The van der Waals surface area contributed by atoms with E-state index < -0.39 is 0 Å². The Hall–Kier alpha value is -1.36. The van der Waals surface area contributed by atoms with E-state index in [1.807, 2.05) is 11.7 Å². The predicted molar refractivity (Wildman–Crippen MR) is 76.6 cm³/mol. The first kappa shape index (κ1) is 13.1. The minimum atomic E-state index is 0.561. The van der Waals surface area contributed by atoms with Crippen molar-refractivity contribution in [2.45, 2.75) is 33.6 Å². The number of nitrogens with two attached hydrogens (primary N) is 1. The summed E-state index contributed by atoms with van der Waals surface area (Å²) < 4.78 is 1.83. The Morgan fingerprint density at radius 2 is 2.17 bits per heavy atom. The molecule has 0 aromatic carbocycles. The molecule has 2 aromatic heterocycles. The molecule has 4 nitrogen and oxygen atoms in total. The number of anilines is 1. The van der Waals surface area contributed by atoms with E-state index in [9.17, 15) is 0 Å². The quantitative estimate of drug-likeness (QED) is 0.923. The van der Waals surface area contributed by atoms with Gasteiger partial charge in [0, 0.05) is 18.3 Å². The van der Waals surface area contributed by atoms with Crippen LogP contribution < -0.4 is 5.73 Å². The minimum absolute atomic E-state index is 0.561. The van der Waals surface area contributed by atoms with E-state index in [0.717, 1.165) is 35.1 Å². The number of nitrogens with zero attached hydrogens (tertiary/aromatic N) is 3. The lowest BCUT2D eigenvalue weighted by Crippen LogP contribution is -1.98.